The summed E-state index contributed by atoms with van der Waals surface area (Å²) in [6.45, 7) is 6.15. The summed E-state index contributed by atoms with van der Waals surface area (Å²) in [4.78, 5) is 4.93. The maximum absolute atomic E-state index is 5.47. The van der Waals surface area contributed by atoms with Gasteiger partial charge >= 0.3 is 0 Å². The van der Waals surface area contributed by atoms with Crippen molar-refractivity contribution in [2.24, 2.45) is 0 Å². The van der Waals surface area contributed by atoms with E-state index in [0.717, 1.165) is 36.6 Å². The molecule has 0 bridgehead atoms. The molecule has 0 N–H and O–H groups in total. The van der Waals surface area contributed by atoms with E-state index in [1.54, 1.807) is 7.11 Å². The summed E-state index contributed by atoms with van der Waals surface area (Å²) < 4.78 is 16.3. The van der Waals surface area contributed by atoms with Crippen molar-refractivity contribution in [1.82, 2.24) is 9.80 Å². The van der Waals surface area contributed by atoms with Gasteiger partial charge in [-0.15, -0.1) is 0 Å². The first-order valence-corrected chi connectivity index (χ1v) is 7.63. The van der Waals surface area contributed by atoms with Crippen molar-refractivity contribution in [1.29, 1.82) is 0 Å². The second kappa shape index (κ2) is 6.54. The number of methoxy groups -OCH3 is 1. The molecule has 0 unspecified atom stereocenters. The summed E-state index contributed by atoms with van der Waals surface area (Å²) in [7, 11) is 3.90. The lowest BCUT2D eigenvalue weighted by atomic mass is 10.1. The SMILES string of the molecule is COc1cc2c(cc1CCCN1CCN(C)CC1)OCO2. The van der Waals surface area contributed by atoms with E-state index in [4.69, 9.17) is 14.2 Å². The predicted octanol–water partition coefficient (Wildman–Crippen LogP) is 1.60. The Morgan fingerprint density at radius 1 is 1.10 bits per heavy atom. The van der Waals surface area contributed by atoms with E-state index in [0.29, 0.717) is 6.79 Å². The summed E-state index contributed by atoms with van der Waals surface area (Å²) in [5.74, 6) is 2.53. The minimum Gasteiger partial charge on any atom is -0.496 e. The lowest BCUT2D eigenvalue weighted by molar-refractivity contribution is 0.153. The molecule has 2 aliphatic heterocycles. The smallest absolute Gasteiger partial charge is 0.231 e. The van der Waals surface area contributed by atoms with Crippen LogP contribution in [0, 0.1) is 0 Å². The van der Waals surface area contributed by atoms with Crippen LogP contribution in [0.3, 0.4) is 0 Å². The fourth-order valence-corrected chi connectivity index (χ4v) is 2.92. The average molecular weight is 292 g/mol. The number of likely N-dealkylation sites (N-methyl/N-ethyl adjacent to an activating group) is 1. The Kier molecular flexibility index (Phi) is 4.51. The summed E-state index contributed by atoms with van der Waals surface area (Å²) in [6.07, 6.45) is 2.14. The molecule has 0 aliphatic carbocycles. The van der Waals surface area contributed by atoms with Crippen LogP contribution in [0.15, 0.2) is 12.1 Å². The normalized spacial score (nSPS) is 19.0. The van der Waals surface area contributed by atoms with Crippen LogP contribution >= 0.6 is 0 Å². The van der Waals surface area contributed by atoms with E-state index >= 15 is 0 Å². The standard InChI is InChI=1S/C16H24N2O3/c1-17-6-8-18(9-7-17)5-3-4-13-10-15-16(21-12-20-15)11-14(13)19-2/h10-11H,3-9,12H2,1-2H3. The zero-order valence-electron chi connectivity index (χ0n) is 12.9. The van der Waals surface area contributed by atoms with Crippen molar-refractivity contribution in [3.63, 3.8) is 0 Å². The lowest BCUT2D eigenvalue weighted by Crippen LogP contribution is -2.44. The summed E-state index contributed by atoms with van der Waals surface area (Å²) in [5, 5.41) is 0. The maximum atomic E-state index is 5.47. The first-order valence-electron chi connectivity index (χ1n) is 7.63. The number of benzene rings is 1. The summed E-state index contributed by atoms with van der Waals surface area (Å²) in [5.41, 5.74) is 1.20. The third-order valence-electron chi connectivity index (χ3n) is 4.29. The van der Waals surface area contributed by atoms with Gasteiger partial charge in [-0.25, -0.2) is 0 Å². The van der Waals surface area contributed by atoms with Crippen LogP contribution in [-0.2, 0) is 6.42 Å². The molecule has 0 radical (unpaired) electrons. The highest BCUT2D eigenvalue weighted by molar-refractivity contribution is 5.51. The van der Waals surface area contributed by atoms with Gasteiger partial charge in [-0.05, 0) is 38.1 Å². The van der Waals surface area contributed by atoms with Gasteiger partial charge in [0.1, 0.15) is 5.75 Å². The van der Waals surface area contributed by atoms with Crippen LogP contribution in [-0.4, -0.2) is 63.5 Å². The van der Waals surface area contributed by atoms with Gasteiger partial charge in [0.15, 0.2) is 11.5 Å². The molecule has 0 aromatic heterocycles. The fourth-order valence-electron chi connectivity index (χ4n) is 2.92. The van der Waals surface area contributed by atoms with E-state index in [1.807, 2.05) is 6.07 Å². The van der Waals surface area contributed by atoms with Crippen LogP contribution in [0.4, 0.5) is 0 Å². The molecular formula is C16H24N2O3. The molecule has 3 rings (SSSR count). The van der Waals surface area contributed by atoms with Gasteiger partial charge in [-0.2, -0.15) is 0 Å². The van der Waals surface area contributed by atoms with Gasteiger partial charge in [0.05, 0.1) is 7.11 Å². The number of ether oxygens (including phenoxy) is 3. The fraction of sp³-hybridized carbons (Fsp3) is 0.625. The van der Waals surface area contributed by atoms with E-state index in [-0.39, 0.29) is 0 Å². The second-order valence-corrected chi connectivity index (χ2v) is 5.77. The van der Waals surface area contributed by atoms with Crippen LogP contribution in [0.2, 0.25) is 0 Å². The predicted molar refractivity (Wildman–Crippen MR) is 81.4 cm³/mol. The Hall–Kier alpha value is -1.46. The maximum Gasteiger partial charge on any atom is 0.231 e. The molecule has 5 nitrogen and oxygen atoms in total. The minimum atomic E-state index is 0.309. The zero-order valence-corrected chi connectivity index (χ0v) is 12.9. The largest absolute Gasteiger partial charge is 0.496 e. The van der Waals surface area contributed by atoms with E-state index in [2.05, 4.69) is 22.9 Å². The van der Waals surface area contributed by atoms with Crippen molar-refractivity contribution < 1.29 is 14.2 Å². The molecule has 0 saturated carbocycles. The molecule has 0 spiro atoms. The van der Waals surface area contributed by atoms with E-state index < -0.39 is 0 Å². The topological polar surface area (TPSA) is 34.2 Å². The Labute approximate surface area is 126 Å². The van der Waals surface area contributed by atoms with Gasteiger partial charge in [-0.1, -0.05) is 0 Å². The minimum absolute atomic E-state index is 0.309. The number of hydrogen-bond acceptors (Lipinski definition) is 5. The van der Waals surface area contributed by atoms with Gasteiger partial charge in [0, 0.05) is 32.2 Å². The van der Waals surface area contributed by atoms with Crippen molar-refractivity contribution in [3.8, 4) is 17.2 Å². The first kappa shape index (κ1) is 14.5. The number of fused-ring (bicyclic) bond motifs is 1. The lowest BCUT2D eigenvalue weighted by Gasteiger charge is -2.32. The molecule has 21 heavy (non-hydrogen) atoms. The monoisotopic (exact) mass is 292 g/mol. The van der Waals surface area contributed by atoms with E-state index in [9.17, 15) is 0 Å². The molecule has 1 fully saturated rings. The van der Waals surface area contributed by atoms with Crippen LogP contribution in [0.5, 0.6) is 17.2 Å². The van der Waals surface area contributed by atoms with E-state index in [1.165, 1.54) is 31.7 Å². The number of aryl methyl sites for hydroxylation is 1. The zero-order chi connectivity index (χ0) is 14.7. The Bertz CT molecular complexity index is 485. The van der Waals surface area contributed by atoms with Gasteiger partial charge < -0.3 is 24.0 Å². The van der Waals surface area contributed by atoms with Crippen molar-refractivity contribution in [3.05, 3.63) is 17.7 Å². The van der Waals surface area contributed by atoms with Crippen LogP contribution in [0.25, 0.3) is 0 Å². The highest BCUT2D eigenvalue weighted by Gasteiger charge is 2.18. The molecular weight excluding hydrogens is 268 g/mol. The molecule has 0 atom stereocenters. The molecule has 1 aromatic carbocycles. The number of nitrogens with zero attached hydrogens (tertiary/aromatic N) is 2. The molecule has 2 heterocycles. The molecule has 0 amide bonds. The Morgan fingerprint density at radius 2 is 1.81 bits per heavy atom. The highest BCUT2D eigenvalue weighted by Crippen LogP contribution is 2.38. The first-order chi connectivity index (χ1) is 10.3. The number of hydrogen-bond donors (Lipinski definition) is 0. The molecule has 1 aromatic rings. The van der Waals surface area contributed by atoms with Crippen molar-refractivity contribution in [2.75, 3.05) is 53.7 Å². The summed E-state index contributed by atoms with van der Waals surface area (Å²) in [6, 6.07) is 4.00. The van der Waals surface area contributed by atoms with Crippen molar-refractivity contribution in [2.45, 2.75) is 12.8 Å². The van der Waals surface area contributed by atoms with Crippen LogP contribution < -0.4 is 14.2 Å². The third kappa shape index (κ3) is 3.41. The van der Waals surface area contributed by atoms with Gasteiger partial charge in [0.25, 0.3) is 0 Å². The van der Waals surface area contributed by atoms with Crippen molar-refractivity contribution >= 4 is 0 Å². The number of rotatable bonds is 5. The molecule has 5 heteroatoms. The highest BCUT2D eigenvalue weighted by atomic mass is 16.7. The second-order valence-electron chi connectivity index (χ2n) is 5.77. The Balaban J connectivity index is 1.55. The van der Waals surface area contributed by atoms with Gasteiger partial charge in [0.2, 0.25) is 6.79 Å². The quantitative estimate of drug-likeness (QED) is 0.823. The summed E-state index contributed by atoms with van der Waals surface area (Å²) >= 11 is 0. The number of piperazine rings is 1. The van der Waals surface area contributed by atoms with Gasteiger partial charge in [-0.3, -0.25) is 0 Å². The Morgan fingerprint density at radius 3 is 2.52 bits per heavy atom. The average Bonchev–Trinajstić information content (AvgIpc) is 2.95. The van der Waals surface area contributed by atoms with Crippen LogP contribution in [0.1, 0.15) is 12.0 Å². The molecule has 2 aliphatic rings. The molecule has 116 valence electrons. The molecule has 1 saturated heterocycles. The third-order valence-corrected chi connectivity index (χ3v) is 4.29.